The first-order valence-corrected chi connectivity index (χ1v) is 4.92. The molecule has 0 aromatic rings. The second kappa shape index (κ2) is 5.94. The Labute approximate surface area is 79.0 Å². The smallest absolute Gasteiger partial charge is 0.246 e. The summed E-state index contributed by atoms with van der Waals surface area (Å²) in [4.78, 5) is 11.0. The summed E-state index contributed by atoms with van der Waals surface area (Å²) >= 11 is 0. The Bertz CT molecular complexity index is 156. The van der Waals surface area contributed by atoms with Crippen molar-refractivity contribution in [3.8, 4) is 0 Å². The van der Waals surface area contributed by atoms with E-state index in [1.165, 1.54) is 0 Å². The SMILES string of the molecule is CCNC(=O)COC1CCCNC1. The molecule has 4 nitrogen and oxygen atoms in total. The molecule has 0 aromatic heterocycles. The van der Waals surface area contributed by atoms with Crippen molar-refractivity contribution in [1.29, 1.82) is 0 Å². The lowest BCUT2D eigenvalue weighted by molar-refractivity contribution is -0.127. The van der Waals surface area contributed by atoms with E-state index in [0.717, 1.165) is 25.9 Å². The third kappa shape index (κ3) is 4.24. The van der Waals surface area contributed by atoms with Gasteiger partial charge in [-0.3, -0.25) is 4.79 Å². The molecule has 1 atom stereocenters. The fraction of sp³-hybridized carbons (Fsp3) is 0.889. The highest BCUT2D eigenvalue weighted by Gasteiger charge is 2.14. The molecule has 1 amide bonds. The molecule has 1 unspecified atom stereocenters. The molecule has 0 spiro atoms. The number of piperidine rings is 1. The van der Waals surface area contributed by atoms with Crippen molar-refractivity contribution in [3.63, 3.8) is 0 Å². The molecule has 0 aromatic carbocycles. The number of nitrogens with one attached hydrogen (secondary N) is 2. The van der Waals surface area contributed by atoms with Gasteiger partial charge in [0.2, 0.25) is 5.91 Å². The second-order valence-electron chi connectivity index (χ2n) is 3.23. The molecule has 2 N–H and O–H groups in total. The first kappa shape index (κ1) is 10.5. The fourth-order valence-electron chi connectivity index (χ4n) is 1.40. The largest absolute Gasteiger partial charge is 0.367 e. The molecule has 0 saturated carbocycles. The Morgan fingerprint density at radius 2 is 2.54 bits per heavy atom. The number of rotatable bonds is 4. The number of carbonyl (C=O) groups is 1. The zero-order valence-corrected chi connectivity index (χ0v) is 8.14. The molecule has 0 bridgehead atoms. The quantitative estimate of drug-likeness (QED) is 0.644. The van der Waals surface area contributed by atoms with Crippen LogP contribution in [0.15, 0.2) is 0 Å². The Morgan fingerprint density at radius 3 is 3.15 bits per heavy atom. The maximum Gasteiger partial charge on any atom is 0.246 e. The van der Waals surface area contributed by atoms with Gasteiger partial charge >= 0.3 is 0 Å². The summed E-state index contributed by atoms with van der Waals surface area (Å²) in [5, 5.41) is 5.93. The van der Waals surface area contributed by atoms with Crippen molar-refractivity contribution in [2.45, 2.75) is 25.9 Å². The zero-order chi connectivity index (χ0) is 9.52. The van der Waals surface area contributed by atoms with Gasteiger partial charge in [-0.05, 0) is 26.3 Å². The highest BCUT2D eigenvalue weighted by Crippen LogP contribution is 2.04. The minimum Gasteiger partial charge on any atom is -0.367 e. The van der Waals surface area contributed by atoms with Crippen LogP contribution in [-0.2, 0) is 9.53 Å². The molecular formula is C9H18N2O2. The molecular weight excluding hydrogens is 168 g/mol. The Kier molecular flexibility index (Phi) is 4.78. The number of hydrogen-bond donors (Lipinski definition) is 2. The van der Waals surface area contributed by atoms with Crippen LogP contribution in [0.4, 0.5) is 0 Å². The van der Waals surface area contributed by atoms with Crippen LogP contribution >= 0.6 is 0 Å². The topological polar surface area (TPSA) is 50.4 Å². The van der Waals surface area contributed by atoms with Crippen LogP contribution in [0, 0.1) is 0 Å². The molecule has 1 aliphatic heterocycles. The van der Waals surface area contributed by atoms with E-state index in [0.29, 0.717) is 6.54 Å². The van der Waals surface area contributed by atoms with E-state index in [1.54, 1.807) is 0 Å². The van der Waals surface area contributed by atoms with Gasteiger partial charge in [0.1, 0.15) is 6.61 Å². The monoisotopic (exact) mass is 186 g/mol. The van der Waals surface area contributed by atoms with Gasteiger partial charge in [-0.15, -0.1) is 0 Å². The van der Waals surface area contributed by atoms with Crippen molar-refractivity contribution in [3.05, 3.63) is 0 Å². The summed E-state index contributed by atoms with van der Waals surface area (Å²) in [5.41, 5.74) is 0. The van der Waals surface area contributed by atoms with E-state index >= 15 is 0 Å². The third-order valence-corrected chi connectivity index (χ3v) is 2.08. The van der Waals surface area contributed by atoms with Crippen LogP contribution in [0.3, 0.4) is 0 Å². The number of ether oxygens (including phenoxy) is 1. The van der Waals surface area contributed by atoms with Gasteiger partial charge < -0.3 is 15.4 Å². The Balaban J connectivity index is 2.06. The summed E-state index contributed by atoms with van der Waals surface area (Å²) in [6.45, 7) is 4.71. The average molecular weight is 186 g/mol. The molecule has 1 aliphatic rings. The van der Waals surface area contributed by atoms with Gasteiger partial charge in [-0.25, -0.2) is 0 Å². The van der Waals surface area contributed by atoms with E-state index in [1.807, 2.05) is 6.92 Å². The summed E-state index contributed by atoms with van der Waals surface area (Å²) < 4.78 is 5.42. The lowest BCUT2D eigenvalue weighted by atomic mass is 10.1. The molecule has 1 rings (SSSR count). The van der Waals surface area contributed by atoms with Crippen LogP contribution in [0.2, 0.25) is 0 Å². The molecule has 13 heavy (non-hydrogen) atoms. The lowest BCUT2D eigenvalue weighted by Gasteiger charge is -2.22. The van der Waals surface area contributed by atoms with Crippen LogP contribution in [0.25, 0.3) is 0 Å². The van der Waals surface area contributed by atoms with Gasteiger partial charge in [0.25, 0.3) is 0 Å². The first-order chi connectivity index (χ1) is 6.33. The normalized spacial score (nSPS) is 22.7. The highest BCUT2D eigenvalue weighted by molar-refractivity contribution is 5.77. The number of amides is 1. The summed E-state index contributed by atoms with van der Waals surface area (Å²) in [6, 6.07) is 0. The van der Waals surface area contributed by atoms with E-state index in [9.17, 15) is 4.79 Å². The van der Waals surface area contributed by atoms with Crippen molar-refractivity contribution in [2.24, 2.45) is 0 Å². The number of hydrogen-bond acceptors (Lipinski definition) is 3. The summed E-state index contributed by atoms with van der Waals surface area (Å²) in [5.74, 6) is -0.0203. The summed E-state index contributed by atoms with van der Waals surface area (Å²) in [6.07, 6.45) is 2.42. The minimum absolute atomic E-state index is 0.0203. The molecule has 0 radical (unpaired) electrons. The van der Waals surface area contributed by atoms with Gasteiger partial charge in [0, 0.05) is 13.1 Å². The minimum atomic E-state index is -0.0203. The molecule has 4 heteroatoms. The molecule has 1 fully saturated rings. The van der Waals surface area contributed by atoms with E-state index in [2.05, 4.69) is 10.6 Å². The molecule has 1 heterocycles. The highest BCUT2D eigenvalue weighted by atomic mass is 16.5. The van der Waals surface area contributed by atoms with Crippen molar-refractivity contribution in [2.75, 3.05) is 26.2 Å². The predicted octanol–water partition coefficient (Wildman–Crippen LogP) is -0.109. The van der Waals surface area contributed by atoms with Crippen LogP contribution in [0.5, 0.6) is 0 Å². The third-order valence-electron chi connectivity index (χ3n) is 2.08. The average Bonchev–Trinajstić information content (AvgIpc) is 2.17. The van der Waals surface area contributed by atoms with E-state index in [4.69, 9.17) is 4.74 Å². The molecule has 1 saturated heterocycles. The van der Waals surface area contributed by atoms with Crippen molar-refractivity contribution >= 4 is 5.91 Å². The fourth-order valence-corrected chi connectivity index (χ4v) is 1.40. The van der Waals surface area contributed by atoms with Gasteiger partial charge in [0.05, 0.1) is 6.10 Å². The number of likely N-dealkylation sites (N-methyl/N-ethyl adjacent to an activating group) is 1. The Hall–Kier alpha value is -0.610. The Morgan fingerprint density at radius 1 is 1.69 bits per heavy atom. The zero-order valence-electron chi connectivity index (χ0n) is 8.14. The van der Waals surface area contributed by atoms with Crippen LogP contribution in [0.1, 0.15) is 19.8 Å². The van der Waals surface area contributed by atoms with Crippen LogP contribution < -0.4 is 10.6 Å². The maximum atomic E-state index is 11.0. The van der Waals surface area contributed by atoms with Crippen molar-refractivity contribution in [1.82, 2.24) is 10.6 Å². The lowest BCUT2D eigenvalue weighted by Crippen LogP contribution is -2.38. The maximum absolute atomic E-state index is 11.0. The van der Waals surface area contributed by atoms with Gasteiger partial charge in [-0.1, -0.05) is 0 Å². The number of carbonyl (C=O) groups excluding carboxylic acids is 1. The van der Waals surface area contributed by atoms with E-state index < -0.39 is 0 Å². The second-order valence-corrected chi connectivity index (χ2v) is 3.23. The van der Waals surface area contributed by atoms with Crippen molar-refractivity contribution < 1.29 is 9.53 Å². The predicted molar refractivity (Wildman–Crippen MR) is 50.5 cm³/mol. The van der Waals surface area contributed by atoms with E-state index in [-0.39, 0.29) is 18.6 Å². The molecule has 0 aliphatic carbocycles. The summed E-state index contributed by atoms with van der Waals surface area (Å²) in [7, 11) is 0. The standard InChI is InChI=1S/C9H18N2O2/c1-2-11-9(12)7-13-8-4-3-5-10-6-8/h8,10H,2-7H2,1H3,(H,11,12). The van der Waals surface area contributed by atoms with Gasteiger partial charge in [0.15, 0.2) is 0 Å². The molecule has 76 valence electrons. The van der Waals surface area contributed by atoms with Crippen LogP contribution in [-0.4, -0.2) is 38.3 Å². The van der Waals surface area contributed by atoms with Gasteiger partial charge in [-0.2, -0.15) is 0 Å². The first-order valence-electron chi connectivity index (χ1n) is 4.92.